The summed E-state index contributed by atoms with van der Waals surface area (Å²) in [6.07, 6.45) is 0. The van der Waals surface area contributed by atoms with Crippen LogP contribution < -0.4 is 15.2 Å². The summed E-state index contributed by atoms with van der Waals surface area (Å²) in [6.45, 7) is 6.17. The van der Waals surface area contributed by atoms with E-state index >= 15 is 0 Å². The molecule has 1 aromatic carbocycles. The fourth-order valence-corrected chi connectivity index (χ4v) is 2.76. The molecule has 0 radical (unpaired) electrons. The fraction of sp³-hybridized carbons (Fsp3) is 0.571. The van der Waals surface area contributed by atoms with Crippen LogP contribution in [-0.4, -0.2) is 25.5 Å². The Bertz CT molecular complexity index is 400. The second-order valence-corrected chi connectivity index (χ2v) is 6.10. The van der Waals surface area contributed by atoms with Gasteiger partial charge in [0.05, 0.1) is 14.2 Å². The summed E-state index contributed by atoms with van der Waals surface area (Å²) in [4.78, 5) is 0. The molecule has 0 fully saturated rings. The molecule has 4 heteroatoms. The third-order valence-electron chi connectivity index (χ3n) is 2.57. The lowest BCUT2D eigenvalue weighted by atomic mass is 10.1. The smallest absolute Gasteiger partial charge is 0.161 e. The van der Waals surface area contributed by atoms with Crippen molar-refractivity contribution in [3.05, 3.63) is 23.3 Å². The zero-order valence-corrected chi connectivity index (χ0v) is 12.7. The number of nitrogens with two attached hydrogens (primary N) is 1. The van der Waals surface area contributed by atoms with Gasteiger partial charge in [0.1, 0.15) is 0 Å². The molecule has 0 heterocycles. The molecule has 0 saturated heterocycles. The van der Waals surface area contributed by atoms with Crippen molar-refractivity contribution >= 4 is 11.8 Å². The Morgan fingerprint density at radius 2 is 1.72 bits per heavy atom. The summed E-state index contributed by atoms with van der Waals surface area (Å²) in [5.74, 6) is 3.43. The second-order valence-electron chi connectivity index (χ2n) is 5.12. The SMILES string of the molecule is COc1cc(C)c(CSCC(C)(C)N)cc1OC. The van der Waals surface area contributed by atoms with Crippen molar-refractivity contribution in [2.75, 3.05) is 20.0 Å². The molecule has 0 aliphatic heterocycles. The van der Waals surface area contributed by atoms with E-state index in [2.05, 4.69) is 6.92 Å². The van der Waals surface area contributed by atoms with E-state index in [0.717, 1.165) is 23.0 Å². The Kier molecular flexibility index (Phi) is 5.35. The van der Waals surface area contributed by atoms with Gasteiger partial charge in [0, 0.05) is 17.0 Å². The van der Waals surface area contributed by atoms with Crippen LogP contribution in [-0.2, 0) is 5.75 Å². The van der Waals surface area contributed by atoms with Gasteiger partial charge in [0.2, 0.25) is 0 Å². The highest BCUT2D eigenvalue weighted by molar-refractivity contribution is 7.98. The first-order valence-electron chi connectivity index (χ1n) is 5.95. The van der Waals surface area contributed by atoms with Crippen LogP contribution in [0.4, 0.5) is 0 Å². The van der Waals surface area contributed by atoms with E-state index in [1.165, 1.54) is 11.1 Å². The Morgan fingerprint density at radius 1 is 1.17 bits per heavy atom. The van der Waals surface area contributed by atoms with E-state index in [-0.39, 0.29) is 5.54 Å². The van der Waals surface area contributed by atoms with E-state index in [1.54, 1.807) is 14.2 Å². The molecule has 3 nitrogen and oxygen atoms in total. The Balaban J connectivity index is 2.77. The van der Waals surface area contributed by atoms with Crippen molar-refractivity contribution < 1.29 is 9.47 Å². The van der Waals surface area contributed by atoms with Gasteiger partial charge in [-0.2, -0.15) is 11.8 Å². The predicted octanol–water partition coefficient (Wildman–Crippen LogP) is 2.98. The Labute approximate surface area is 114 Å². The van der Waals surface area contributed by atoms with Gasteiger partial charge in [0.25, 0.3) is 0 Å². The molecule has 0 aliphatic rings. The minimum absolute atomic E-state index is 0.130. The number of thioether (sulfide) groups is 1. The lowest BCUT2D eigenvalue weighted by Crippen LogP contribution is -2.34. The number of hydrogen-bond acceptors (Lipinski definition) is 4. The monoisotopic (exact) mass is 269 g/mol. The minimum Gasteiger partial charge on any atom is -0.493 e. The summed E-state index contributed by atoms with van der Waals surface area (Å²) in [5, 5.41) is 0. The van der Waals surface area contributed by atoms with Gasteiger partial charge in [-0.25, -0.2) is 0 Å². The maximum Gasteiger partial charge on any atom is 0.161 e. The van der Waals surface area contributed by atoms with Crippen LogP contribution in [0.15, 0.2) is 12.1 Å². The molecule has 0 spiro atoms. The average Bonchev–Trinajstić information content (AvgIpc) is 2.29. The highest BCUT2D eigenvalue weighted by Gasteiger charge is 2.12. The number of methoxy groups -OCH3 is 2. The highest BCUT2D eigenvalue weighted by atomic mass is 32.2. The molecule has 1 aromatic rings. The van der Waals surface area contributed by atoms with Crippen molar-refractivity contribution in [1.82, 2.24) is 0 Å². The van der Waals surface area contributed by atoms with Gasteiger partial charge in [-0.1, -0.05) is 0 Å². The number of hydrogen-bond donors (Lipinski definition) is 1. The van der Waals surface area contributed by atoms with Crippen molar-refractivity contribution in [3.8, 4) is 11.5 Å². The first-order chi connectivity index (χ1) is 8.37. The lowest BCUT2D eigenvalue weighted by Gasteiger charge is -2.18. The number of rotatable bonds is 6. The molecule has 0 atom stereocenters. The first-order valence-corrected chi connectivity index (χ1v) is 7.11. The topological polar surface area (TPSA) is 44.5 Å². The van der Waals surface area contributed by atoms with Gasteiger partial charge in [-0.15, -0.1) is 0 Å². The third-order valence-corrected chi connectivity index (χ3v) is 4.04. The minimum atomic E-state index is -0.130. The van der Waals surface area contributed by atoms with Crippen molar-refractivity contribution in [2.24, 2.45) is 5.73 Å². The maximum absolute atomic E-state index is 5.97. The van der Waals surface area contributed by atoms with Crippen LogP contribution in [0.5, 0.6) is 11.5 Å². The van der Waals surface area contributed by atoms with Gasteiger partial charge >= 0.3 is 0 Å². The van der Waals surface area contributed by atoms with E-state index in [4.69, 9.17) is 15.2 Å². The number of ether oxygens (including phenoxy) is 2. The maximum atomic E-state index is 5.97. The Hall–Kier alpha value is -0.870. The van der Waals surface area contributed by atoms with Gasteiger partial charge in [0.15, 0.2) is 11.5 Å². The van der Waals surface area contributed by atoms with Gasteiger partial charge in [-0.3, -0.25) is 0 Å². The summed E-state index contributed by atoms with van der Waals surface area (Å²) >= 11 is 1.84. The molecule has 0 unspecified atom stereocenters. The largest absolute Gasteiger partial charge is 0.493 e. The molecule has 102 valence electrons. The first kappa shape index (κ1) is 15.2. The zero-order valence-electron chi connectivity index (χ0n) is 11.9. The van der Waals surface area contributed by atoms with Crippen LogP contribution in [0, 0.1) is 6.92 Å². The summed E-state index contributed by atoms with van der Waals surface area (Å²) in [7, 11) is 3.32. The number of aryl methyl sites for hydroxylation is 1. The van der Waals surface area contributed by atoms with Crippen LogP contribution in [0.1, 0.15) is 25.0 Å². The molecular formula is C14H23NO2S. The number of benzene rings is 1. The quantitative estimate of drug-likeness (QED) is 0.862. The fourth-order valence-electron chi connectivity index (χ4n) is 1.60. The standard InChI is InChI=1S/C14H23NO2S/c1-10-6-12(16-4)13(17-5)7-11(10)8-18-9-14(2,3)15/h6-7H,8-9,15H2,1-5H3. The van der Waals surface area contributed by atoms with Crippen LogP contribution in [0.3, 0.4) is 0 Å². The normalized spacial score (nSPS) is 11.4. The van der Waals surface area contributed by atoms with Crippen molar-refractivity contribution in [3.63, 3.8) is 0 Å². The van der Waals surface area contributed by atoms with Crippen LogP contribution >= 0.6 is 11.8 Å². The predicted molar refractivity (Wildman–Crippen MR) is 78.7 cm³/mol. The molecule has 0 aliphatic carbocycles. The molecular weight excluding hydrogens is 246 g/mol. The van der Waals surface area contributed by atoms with E-state index in [0.29, 0.717) is 0 Å². The van der Waals surface area contributed by atoms with Gasteiger partial charge < -0.3 is 15.2 Å². The average molecular weight is 269 g/mol. The van der Waals surface area contributed by atoms with Crippen molar-refractivity contribution in [2.45, 2.75) is 32.1 Å². The molecule has 0 aromatic heterocycles. The molecule has 2 N–H and O–H groups in total. The summed E-state index contributed by atoms with van der Waals surface area (Å²) < 4.78 is 10.6. The molecule has 0 amide bonds. The molecule has 0 bridgehead atoms. The van der Waals surface area contributed by atoms with E-state index < -0.39 is 0 Å². The summed E-state index contributed by atoms with van der Waals surface area (Å²) in [5.41, 5.74) is 8.33. The zero-order chi connectivity index (χ0) is 13.8. The van der Waals surface area contributed by atoms with E-state index in [9.17, 15) is 0 Å². The second kappa shape index (κ2) is 6.34. The third kappa shape index (κ3) is 4.42. The van der Waals surface area contributed by atoms with E-state index in [1.807, 2.05) is 37.7 Å². The molecule has 18 heavy (non-hydrogen) atoms. The lowest BCUT2D eigenvalue weighted by molar-refractivity contribution is 0.354. The van der Waals surface area contributed by atoms with Crippen molar-refractivity contribution in [1.29, 1.82) is 0 Å². The Morgan fingerprint density at radius 3 is 2.22 bits per heavy atom. The van der Waals surface area contributed by atoms with Crippen LogP contribution in [0.2, 0.25) is 0 Å². The van der Waals surface area contributed by atoms with Gasteiger partial charge in [-0.05, 0) is 44.0 Å². The van der Waals surface area contributed by atoms with Crippen LogP contribution in [0.25, 0.3) is 0 Å². The molecule has 1 rings (SSSR count). The molecule has 0 saturated carbocycles. The summed E-state index contributed by atoms with van der Waals surface area (Å²) in [6, 6.07) is 4.06. The highest BCUT2D eigenvalue weighted by Crippen LogP contribution is 2.32.